The SMILES string of the molecule is Cc1cc(N(C=O)c2ccccc2)c(C)o1. The van der Waals surface area contributed by atoms with Gasteiger partial charge in [0.15, 0.2) is 0 Å². The lowest BCUT2D eigenvalue weighted by Gasteiger charge is -2.15. The Morgan fingerprint density at radius 3 is 2.38 bits per heavy atom. The van der Waals surface area contributed by atoms with Gasteiger partial charge in [-0.1, -0.05) is 18.2 Å². The molecule has 1 heterocycles. The van der Waals surface area contributed by atoms with E-state index in [9.17, 15) is 4.79 Å². The van der Waals surface area contributed by atoms with E-state index in [-0.39, 0.29) is 0 Å². The zero-order chi connectivity index (χ0) is 11.5. The summed E-state index contributed by atoms with van der Waals surface area (Å²) in [6.07, 6.45) is 0.798. The first kappa shape index (κ1) is 10.5. The Kier molecular flexibility index (Phi) is 2.77. The number of para-hydroxylation sites is 1. The number of rotatable bonds is 3. The Morgan fingerprint density at radius 1 is 1.19 bits per heavy atom. The van der Waals surface area contributed by atoms with Crippen LogP contribution in [0, 0.1) is 13.8 Å². The standard InChI is InChI=1S/C13H13NO2/c1-10-8-13(11(2)16-10)14(9-15)12-6-4-3-5-7-12/h3-9H,1-2H3. The van der Waals surface area contributed by atoms with Gasteiger partial charge in [0.05, 0.1) is 5.69 Å². The molecule has 1 aromatic carbocycles. The van der Waals surface area contributed by atoms with Gasteiger partial charge < -0.3 is 4.42 Å². The maximum atomic E-state index is 11.2. The molecule has 0 saturated carbocycles. The number of anilines is 2. The van der Waals surface area contributed by atoms with Gasteiger partial charge in [0.1, 0.15) is 11.5 Å². The van der Waals surface area contributed by atoms with Crippen LogP contribution in [0.5, 0.6) is 0 Å². The Balaban J connectivity index is 2.44. The van der Waals surface area contributed by atoms with E-state index in [1.54, 1.807) is 4.90 Å². The van der Waals surface area contributed by atoms with Crippen molar-refractivity contribution in [1.29, 1.82) is 0 Å². The fraction of sp³-hybridized carbons (Fsp3) is 0.154. The first-order valence-electron chi connectivity index (χ1n) is 5.09. The maximum Gasteiger partial charge on any atom is 0.218 e. The molecule has 0 aliphatic heterocycles. The van der Waals surface area contributed by atoms with Crippen LogP contribution >= 0.6 is 0 Å². The van der Waals surface area contributed by atoms with Gasteiger partial charge in [0.2, 0.25) is 6.41 Å². The van der Waals surface area contributed by atoms with E-state index in [0.717, 1.165) is 29.3 Å². The Labute approximate surface area is 94.3 Å². The summed E-state index contributed by atoms with van der Waals surface area (Å²) in [7, 11) is 0. The number of aryl methyl sites for hydroxylation is 2. The zero-order valence-corrected chi connectivity index (χ0v) is 9.31. The lowest BCUT2D eigenvalue weighted by Crippen LogP contribution is -2.13. The van der Waals surface area contributed by atoms with Crippen molar-refractivity contribution < 1.29 is 9.21 Å². The molecule has 16 heavy (non-hydrogen) atoms. The van der Waals surface area contributed by atoms with Crippen molar-refractivity contribution in [3.8, 4) is 0 Å². The minimum atomic E-state index is 0.744. The monoisotopic (exact) mass is 215 g/mol. The number of furan rings is 1. The second-order valence-electron chi connectivity index (χ2n) is 3.61. The van der Waals surface area contributed by atoms with Crippen LogP contribution in [0.2, 0.25) is 0 Å². The Morgan fingerprint density at radius 2 is 1.88 bits per heavy atom. The predicted octanol–water partition coefficient (Wildman–Crippen LogP) is 3.19. The average molecular weight is 215 g/mol. The number of carbonyl (C=O) groups is 1. The van der Waals surface area contributed by atoms with Gasteiger partial charge in [-0.3, -0.25) is 9.69 Å². The highest BCUT2D eigenvalue weighted by atomic mass is 16.3. The van der Waals surface area contributed by atoms with Gasteiger partial charge in [-0.05, 0) is 26.0 Å². The van der Waals surface area contributed by atoms with Gasteiger partial charge in [-0.25, -0.2) is 0 Å². The summed E-state index contributed by atoms with van der Waals surface area (Å²) < 4.78 is 5.42. The minimum Gasteiger partial charge on any atom is -0.464 e. The molecular formula is C13H13NO2. The normalized spacial score (nSPS) is 10.1. The van der Waals surface area contributed by atoms with E-state index < -0.39 is 0 Å². The van der Waals surface area contributed by atoms with E-state index >= 15 is 0 Å². The van der Waals surface area contributed by atoms with Crippen molar-refractivity contribution >= 4 is 17.8 Å². The highest BCUT2D eigenvalue weighted by Crippen LogP contribution is 2.29. The van der Waals surface area contributed by atoms with E-state index in [0.29, 0.717) is 0 Å². The summed E-state index contributed by atoms with van der Waals surface area (Å²) in [6, 6.07) is 11.3. The highest BCUT2D eigenvalue weighted by Gasteiger charge is 2.13. The van der Waals surface area contributed by atoms with E-state index in [2.05, 4.69) is 0 Å². The molecule has 82 valence electrons. The molecule has 0 aliphatic rings. The maximum absolute atomic E-state index is 11.2. The topological polar surface area (TPSA) is 33.5 Å². The van der Waals surface area contributed by atoms with Crippen molar-refractivity contribution in [3.05, 3.63) is 47.9 Å². The zero-order valence-electron chi connectivity index (χ0n) is 9.31. The molecule has 0 spiro atoms. The molecule has 0 bridgehead atoms. The summed E-state index contributed by atoms with van der Waals surface area (Å²) >= 11 is 0. The van der Waals surface area contributed by atoms with Crippen molar-refractivity contribution in [3.63, 3.8) is 0 Å². The van der Waals surface area contributed by atoms with E-state index in [1.807, 2.05) is 50.2 Å². The second-order valence-corrected chi connectivity index (χ2v) is 3.61. The lowest BCUT2D eigenvalue weighted by molar-refractivity contribution is -0.106. The molecule has 2 aromatic rings. The molecule has 1 amide bonds. The first-order chi connectivity index (χ1) is 7.72. The minimum absolute atomic E-state index is 0.744. The van der Waals surface area contributed by atoms with Gasteiger partial charge in [-0.2, -0.15) is 0 Å². The molecule has 0 atom stereocenters. The fourth-order valence-corrected chi connectivity index (χ4v) is 1.70. The molecular weight excluding hydrogens is 202 g/mol. The molecule has 3 heteroatoms. The number of amides is 1. The summed E-state index contributed by atoms with van der Waals surface area (Å²) in [5.41, 5.74) is 1.63. The van der Waals surface area contributed by atoms with Crippen LogP contribution < -0.4 is 4.90 Å². The van der Waals surface area contributed by atoms with Crippen molar-refractivity contribution in [2.45, 2.75) is 13.8 Å². The predicted molar refractivity (Wildman–Crippen MR) is 62.8 cm³/mol. The molecule has 3 nitrogen and oxygen atoms in total. The molecule has 0 radical (unpaired) electrons. The molecule has 0 aliphatic carbocycles. The van der Waals surface area contributed by atoms with Gasteiger partial charge in [0.25, 0.3) is 0 Å². The smallest absolute Gasteiger partial charge is 0.218 e. The first-order valence-corrected chi connectivity index (χ1v) is 5.09. The average Bonchev–Trinajstić information content (AvgIpc) is 2.61. The molecule has 1 aromatic heterocycles. The van der Waals surface area contributed by atoms with Crippen LogP contribution in [0.3, 0.4) is 0 Å². The van der Waals surface area contributed by atoms with E-state index in [4.69, 9.17) is 4.42 Å². The third-order valence-electron chi connectivity index (χ3n) is 2.41. The van der Waals surface area contributed by atoms with Crippen LogP contribution in [-0.2, 0) is 4.79 Å². The highest BCUT2D eigenvalue weighted by molar-refractivity contribution is 5.87. The van der Waals surface area contributed by atoms with Crippen LogP contribution in [0.1, 0.15) is 11.5 Å². The fourth-order valence-electron chi connectivity index (χ4n) is 1.70. The summed E-state index contributed by atoms with van der Waals surface area (Å²) in [4.78, 5) is 12.7. The largest absolute Gasteiger partial charge is 0.464 e. The number of hydrogen-bond donors (Lipinski definition) is 0. The molecule has 0 fully saturated rings. The van der Waals surface area contributed by atoms with Crippen molar-refractivity contribution in [1.82, 2.24) is 0 Å². The number of hydrogen-bond acceptors (Lipinski definition) is 2. The number of carbonyl (C=O) groups excluding carboxylic acids is 1. The summed E-state index contributed by atoms with van der Waals surface area (Å²) in [5, 5.41) is 0. The number of nitrogens with zero attached hydrogens (tertiary/aromatic N) is 1. The quantitative estimate of drug-likeness (QED) is 0.737. The van der Waals surface area contributed by atoms with Crippen molar-refractivity contribution in [2.24, 2.45) is 0 Å². The second kappa shape index (κ2) is 4.23. The van der Waals surface area contributed by atoms with Gasteiger partial charge >= 0.3 is 0 Å². The third-order valence-corrected chi connectivity index (χ3v) is 2.41. The van der Waals surface area contributed by atoms with Crippen LogP contribution in [-0.4, -0.2) is 6.41 Å². The summed E-state index contributed by atoms with van der Waals surface area (Å²) in [6.45, 7) is 3.71. The van der Waals surface area contributed by atoms with Crippen LogP contribution in [0.25, 0.3) is 0 Å². The molecule has 0 saturated heterocycles. The summed E-state index contributed by atoms with van der Waals surface area (Å²) in [5.74, 6) is 1.55. The molecule has 2 rings (SSSR count). The van der Waals surface area contributed by atoms with E-state index in [1.165, 1.54) is 0 Å². The van der Waals surface area contributed by atoms with Gasteiger partial charge in [-0.15, -0.1) is 0 Å². The van der Waals surface area contributed by atoms with Crippen molar-refractivity contribution in [2.75, 3.05) is 4.90 Å². The van der Waals surface area contributed by atoms with Crippen LogP contribution in [0.15, 0.2) is 40.8 Å². The molecule has 0 N–H and O–H groups in total. The van der Waals surface area contributed by atoms with Crippen LogP contribution in [0.4, 0.5) is 11.4 Å². The molecule has 0 unspecified atom stereocenters. The lowest BCUT2D eigenvalue weighted by atomic mass is 10.2. The van der Waals surface area contributed by atoms with Gasteiger partial charge in [0, 0.05) is 11.8 Å². The Bertz CT molecular complexity index is 488. The number of benzene rings is 1. The Hall–Kier alpha value is -2.03. The third kappa shape index (κ3) is 1.84.